The van der Waals surface area contributed by atoms with E-state index in [0.29, 0.717) is 6.61 Å². The van der Waals surface area contributed by atoms with Crippen molar-refractivity contribution in [2.24, 2.45) is 0 Å². The van der Waals surface area contributed by atoms with Gasteiger partial charge >= 0.3 is 0 Å². The normalized spacial score (nSPS) is 27.7. The molecule has 0 bridgehead atoms. The van der Waals surface area contributed by atoms with E-state index < -0.39 is 5.72 Å². The fraction of sp³-hybridized carbons (Fsp3) is 0.333. The summed E-state index contributed by atoms with van der Waals surface area (Å²) in [7, 11) is 0. The van der Waals surface area contributed by atoms with Gasteiger partial charge in [0.2, 0.25) is 5.72 Å². The Bertz CT molecular complexity index is 482. The zero-order valence-corrected chi connectivity index (χ0v) is 9.23. The molecule has 1 aliphatic heterocycles. The van der Waals surface area contributed by atoms with Crippen LogP contribution in [0.2, 0.25) is 0 Å². The van der Waals surface area contributed by atoms with Gasteiger partial charge in [-0.25, -0.2) is 0 Å². The van der Waals surface area contributed by atoms with Crippen LogP contribution in [0.1, 0.15) is 11.5 Å². The Morgan fingerprint density at radius 1 is 1.29 bits per heavy atom. The molecule has 2 heterocycles. The number of hydrogen-bond donors (Lipinski definition) is 1. The highest BCUT2D eigenvalue weighted by Gasteiger charge is 2.52. The van der Waals surface area contributed by atoms with Gasteiger partial charge in [0.15, 0.2) is 0 Å². The van der Waals surface area contributed by atoms with E-state index in [0.717, 1.165) is 5.56 Å². The van der Waals surface area contributed by atoms with Crippen molar-refractivity contribution >= 4 is 0 Å². The molecule has 1 aromatic carbocycles. The summed E-state index contributed by atoms with van der Waals surface area (Å²) in [5.74, 6) is 0.0844. The molecule has 0 saturated carbocycles. The first-order valence-corrected chi connectivity index (χ1v) is 5.53. The van der Waals surface area contributed by atoms with Crippen LogP contribution in [0.4, 0.5) is 0 Å². The van der Waals surface area contributed by atoms with Crippen LogP contribution in [-0.4, -0.2) is 33.3 Å². The van der Waals surface area contributed by atoms with Gasteiger partial charge in [-0.3, -0.25) is 0 Å². The summed E-state index contributed by atoms with van der Waals surface area (Å²) in [4.78, 5) is 1.45. The molecule has 1 aromatic heterocycles. The lowest BCUT2D eigenvalue weighted by Crippen LogP contribution is -2.57. The van der Waals surface area contributed by atoms with E-state index in [1.54, 1.807) is 12.4 Å². The van der Waals surface area contributed by atoms with Gasteiger partial charge in [-0.05, 0) is 5.56 Å². The van der Waals surface area contributed by atoms with Gasteiger partial charge in [0, 0.05) is 0 Å². The third-order valence-electron chi connectivity index (χ3n) is 3.23. The van der Waals surface area contributed by atoms with E-state index in [2.05, 4.69) is 10.2 Å². The average Bonchev–Trinajstić information content (AvgIpc) is 2.85. The Morgan fingerprint density at radius 3 is 2.53 bits per heavy atom. The van der Waals surface area contributed by atoms with E-state index in [9.17, 15) is 5.11 Å². The van der Waals surface area contributed by atoms with Gasteiger partial charge in [-0.15, -0.1) is 4.80 Å². The van der Waals surface area contributed by atoms with Gasteiger partial charge < -0.3 is 9.84 Å². The second-order valence-electron chi connectivity index (χ2n) is 4.10. The van der Waals surface area contributed by atoms with Crippen molar-refractivity contribution < 1.29 is 9.84 Å². The van der Waals surface area contributed by atoms with E-state index >= 15 is 0 Å². The Labute approximate surface area is 98.6 Å². The lowest BCUT2D eigenvalue weighted by atomic mass is 9.85. The molecule has 2 aromatic rings. The Balaban J connectivity index is 1.98. The summed E-state index contributed by atoms with van der Waals surface area (Å²) < 4.78 is 5.57. The standard InChI is InChI=1S/C12H13N3O2/c16-9-12(15-13-6-7-14-15)11(8-17-12)10-4-2-1-3-5-10/h1-7,11,16H,8-9H2/t11?,12-/m0/s1. The summed E-state index contributed by atoms with van der Waals surface area (Å²) in [5, 5.41) is 17.8. The molecule has 1 saturated heterocycles. The second kappa shape index (κ2) is 3.94. The Morgan fingerprint density at radius 2 is 2.00 bits per heavy atom. The van der Waals surface area contributed by atoms with Crippen molar-refractivity contribution in [1.29, 1.82) is 0 Å². The highest BCUT2D eigenvalue weighted by molar-refractivity contribution is 5.24. The number of aliphatic hydroxyl groups excluding tert-OH is 1. The molecule has 1 unspecified atom stereocenters. The predicted octanol–water partition coefficient (Wildman–Crippen LogP) is 0.737. The van der Waals surface area contributed by atoms with E-state index in [4.69, 9.17) is 4.74 Å². The van der Waals surface area contributed by atoms with Crippen LogP contribution in [0.5, 0.6) is 0 Å². The number of aromatic nitrogens is 3. The molecule has 3 rings (SSSR count). The van der Waals surface area contributed by atoms with E-state index in [-0.39, 0.29) is 12.5 Å². The molecular weight excluding hydrogens is 218 g/mol. The SMILES string of the molecule is OC[C@]1(n2nccn2)OCC1c1ccccc1. The lowest BCUT2D eigenvalue weighted by molar-refractivity contribution is -0.258. The molecule has 1 N–H and O–H groups in total. The summed E-state index contributed by atoms with van der Waals surface area (Å²) >= 11 is 0. The fourth-order valence-corrected chi connectivity index (χ4v) is 2.23. The van der Waals surface area contributed by atoms with Crippen molar-refractivity contribution in [1.82, 2.24) is 15.0 Å². The molecule has 0 radical (unpaired) electrons. The van der Waals surface area contributed by atoms with Crippen LogP contribution in [-0.2, 0) is 10.5 Å². The number of benzene rings is 1. The molecule has 88 valence electrons. The Hall–Kier alpha value is -1.72. The lowest BCUT2D eigenvalue weighted by Gasteiger charge is -2.46. The number of rotatable bonds is 3. The van der Waals surface area contributed by atoms with Crippen molar-refractivity contribution in [2.75, 3.05) is 13.2 Å². The minimum atomic E-state index is -0.842. The summed E-state index contributed by atoms with van der Waals surface area (Å²) in [5.41, 5.74) is 0.287. The predicted molar refractivity (Wildman–Crippen MR) is 60.2 cm³/mol. The van der Waals surface area contributed by atoms with E-state index in [1.807, 2.05) is 30.3 Å². The van der Waals surface area contributed by atoms with Gasteiger partial charge in [0.1, 0.15) is 0 Å². The maximum Gasteiger partial charge on any atom is 0.211 e. The quantitative estimate of drug-likeness (QED) is 0.846. The maximum atomic E-state index is 9.61. The van der Waals surface area contributed by atoms with Crippen molar-refractivity contribution in [2.45, 2.75) is 11.6 Å². The first kappa shape index (κ1) is 10.4. The van der Waals surface area contributed by atoms with Crippen LogP contribution in [0, 0.1) is 0 Å². The highest BCUT2D eigenvalue weighted by atomic mass is 16.6. The minimum Gasteiger partial charge on any atom is -0.391 e. The first-order valence-electron chi connectivity index (χ1n) is 5.53. The van der Waals surface area contributed by atoms with Crippen LogP contribution in [0.25, 0.3) is 0 Å². The van der Waals surface area contributed by atoms with Crippen LogP contribution in [0.3, 0.4) is 0 Å². The monoisotopic (exact) mass is 231 g/mol. The molecular formula is C12H13N3O2. The first-order chi connectivity index (χ1) is 8.37. The molecule has 2 atom stereocenters. The Kier molecular flexibility index (Phi) is 2.42. The topological polar surface area (TPSA) is 60.2 Å². The van der Waals surface area contributed by atoms with Crippen LogP contribution in [0.15, 0.2) is 42.7 Å². The molecule has 0 aliphatic carbocycles. The third-order valence-corrected chi connectivity index (χ3v) is 3.23. The van der Waals surface area contributed by atoms with Crippen molar-refractivity contribution in [3.05, 3.63) is 48.3 Å². The number of aliphatic hydroxyl groups is 1. The van der Waals surface area contributed by atoms with Crippen LogP contribution < -0.4 is 0 Å². The summed E-state index contributed by atoms with van der Waals surface area (Å²) in [6, 6.07) is 9.98. The van der Waals surface area contributed by atoms with Crippen LogP contribution >= 0.6 is 0 Å². The number of hydrogen-bond acceptors (Lipinski definition) is 4. The zero-order valence-electron chi connectivity index (χ0n) is 9.23. The molecule has 0 amide bonds. The zero-order chi connectivity index (χ0) is 11.7. The van der Waals surface area contributed by atoms with Gasteiger partial charge in [-0.2, -0.15) is 10.2 Å². The van der Waals surface area contributed by atoms with Crippen molar-refractivity contribution in [3.63, 3.8) is 0 Å². The van der Waals surface area contributed by atoms with Crippen molar-refractivity contribution in [3.8, 4) is 0 Å². The van der Waals surface area contributed by atoms with Gasteiger partial charge in [-0.1, -0.05) is 30.3 Å². The number of ether oxygens (including phenoxy) is 1. The summed E-state index contributed by atoms with van der Waals surface area (Å²) in [6.45, 7) is 0.438. The molecule has 1 fully saturated rings. The smallest absolute Gasteiger partial charge is 0.211 e. The highest BCUT2D eigenvalue weighted by Crippen LogP contribution is 2.43. The summed E-state index contributed by atoms with van der Waals surface area (Å²) in [6.07, 6.45) is 3.17. The van der Waals surface area contributed by atoms with E-state index in [1.165, 1.54) is 4.80 Å². The minimum absolute atomic E-state index is 0.0844. The molecule has 17 heavy (non-hydrogen) atoms. The number of nitrogens with zero attached hydrogens (tertiary/aromatic N) is 3. The second-order valence-corrected chi connectivity index (χ2v) is 4.10. The molecule has 5 heteroatoms. The van der Waals surface area contributed by atoms with Gasteiger partial charge in [0.25, 0.3) is 0 Å². The molecule has 5 nitrogen and oxygen atoms in total. The van der Waals surface area contributed by atoms with Gasteiger partial charge in [0.05, 0.1) is 31.5 Å². The third kappa shape index (κ3) is 1.47. The maximum absolute atomic E-state index is 9.61. The largest absolute Gasteiger partial charge is 0.391 e. The molecule has 1 aliphatic rings. The average molecular weight is 231 g/mol. The molecule has 0 spiro atoms. The fourth-order valence-electron chi connectivity index (χ4n) is 2.23.